The molecule has 1 aromatic rings. The lowest BCUT2D eigenvalue weighted by molar-refractivity contribution is -0.0963. The number of carbonyl (C=O) groups excluding carboxylic acids is 3. The molecule has 124 valence electrons. The van der Waals surface area contributed by atoms with E-state index < -0.39 is 29.6 Å². The lowest BCUT2D eigenvalue weighted by atomic mass is 10.1. The van der Waals surface area contributed by atoms with Gasteiger partial charge in [-0.05, 0) is 39.8 Å². The fourth-order valence-electron chi connectivity index (χ4n) is 2.02. The summed E-state index contributed by atoms with van der Waals surface area (Å²) in [5, 5.41) is 3.30. The van der Waals surface area contributed by atoms with E-state index in [9.17, 15) is 14.4 Å². The summed E-state index contributed by atoms with van der Waals surface area (Å²) in [4.78, 5) is 41.1. The zero-order valence-corrected chi connectivity index (χ0v) is 13.6. The van der Waals surface area contributed by atoms with Crippen LogP contribution in [0.4, 0.5) is 4.79 Å². The first-order chi connectivity index (χ1) is 10.7. The van der Waals surface area contributed by atoms with Gasteiger partial charge in [-0.15, -0.1) is 5.06 Å². The van der Waals surface area contributed by atoms with Crippen molar-refractivity contribution in [3.05, 3.63) is 35.4 Å². The van der Waals surface area contributed by atoms with Crippen molar-refractivity contribution in [3.8, 4) is 0 Å². The number of hydrogen-bond acceptors (Lipinski definition) is 5. The Morgan fingerprint density at radius 1 is 1.17 bits per heavy atom. The summed E-state index contributed by atoms with van der Waals surface area (Å²) in [6.45, 7) is 6.92. The van der Waals surface area contributed by atoms with E-state index in [4.69, 9.17) is 9.57 Å². The van der Waals surface area contributed by atoms with Crippen molar-refractivity contribution in [3.63, 3.8) is 0 Å². The molecule has 7 heteroatoms. The molecule has 0 aromatic heterocycles. The Balaban J connectivity index is 1.89. The van der Waals surface area contributed by atoms with Crippen molar-refractivity contribution in [1.29, 1.82) is 0 Å². The number of imide groups is 1. The molecule has 1 N–H and O–H groups in total. The fraction of sp³-hybridized carbons (Fsp3) is 0.438. The lowest BCUT2D eigenvalue weighted by Crippen LogP contribution is -2.42. The van der Waals surface area contributed by atoms with E-state index in [1.807, 2.05) is 0 Å². The highest BCUT2D eigenvalue weighted by atomic mass is 16.7. The predicted molar refractivity (Wildman–Crippen MR) is 81.7 cm³/mol. The number of rotatable bonds is 4. The molecule has 3 amide bonds. The van der Waals surface area contributed by atoms with Gasteiger partial charge in [0.05, 0.1) is 23.8 Å². The highest BCUT2D eigenvalue weighted by Gasteiger charge is 2.36. The smallest absolute Gasteiger partial charge is 0.407 e. The van der Waals surface area contributed by atoms with Crippen molar-refractivity contribution in [2.45, 2.75) is 39.3 Å². The predicted octanol–water partition coefficient (Wildman–Crippen LogP) is 2.13. The van der Waals surface area contributed by atoms with E-state index in [-0.39, 0.29) is 6.61 Å². The van der Waals surface area contributed by atoms with Crippen LogP contribution in [0.2, 0.25) is 0 Å². The second kappa shape index (κ2) is 6.37. The topological polar surface area (TPSA) is 84.9 Å². The maximum atomic E-state index is 12.1. The maximum Gasteiger partial charge on any atom is 0.407 e. The Morgan fingerprint density at radius 2 is 1.70 bits per heavy atom. The molecule has 1 heterocycles. The molecule has 1 unspecified atom stereocenters. The summed E-state index contributed by atoms with van der Waals surface area (Å²) >= 11 is 0. The highest BCUT2D eigenvalue weighted by molar-refractivity contribution is 6.20. The number of ether oxygens (including phenoxy) is 1. The molecule has 0 saturated heterocycles. The third kappa shape index (κ3) is 4.07. The second-order valence-electron chi connectivity index (χ2n) is 6.29. The SMILES string of the molecule is CC(CON1C(=O)c2ccccc2C1=O)NC(=O)OC(C)(C)C. The van der Waals surface area contributed by atoms with Gasteiger partial charge in [0.15, 0.2) is 0 Å². The van der Waals surface area contributed by atoms with Crippen LogP contribution in [0.25, 0.3) is 0 Å². The van der Waals surface area contributed by atoms with Crippen LogP contribution in [0, 0.1) is 0 Å². The van der Waals surface area contributed by atoms with Gasteiger partial charge in [-0.3, -0.25) is 14.4 Å². The van der Waals surface area contributed by atoms with Gasteiger partial charge in [-0.2, -0.15) is 0 Å². The molecule has 23 heavy (non-hydrogen) atoms. The molecule has 2 rings (SSSR count). The number of alkyl carbamates (subject to hydrolysis) is 1. The molecule has 1 atom stereocenters. The number of benzene rings is 1. The molecule has 0 fully saturated rings. The van der Waals surface area contributed by atoms with Crippen LogP contribution in [0.15, 0.2) is 24.3 Å². The molecule has 7 nitrogen and oxygen atoms in total. The van der Waals surface area contributed by atoms with Crippen LogP contribution in [0.3, 0.4) is 0 Å². The van der Waals surface area contributed by atoms with E-state index in [1.165, 1.54) is 0 Å². The van der Waals surface area contributed by atoms with Crippen molar-refractivity contribution in [2.75, 3.05) is 6.61 Å². The molecule has 0 saturated carbocycles. The lowest BCUT2D eigenvalue weighted by Gasteiger charge is -2.22. The summed E-state index contributed by atoms with van der Waals surface area (Å²) in [6, 6.07) is 6.07. The van der Waals surface area contributed by atoms with Crippen molar-refractivity contribution in [1.82, 2.24) is 10.4 Å². The minimum Gasteiger partial charge on any atom is -0.444 e. The summed E-state index contributed by atoms with van der Waals surface area (Å²) in [7, 11) is 0. The van der Waals surface area contributed by atoms with E-state index in [0.29, 0.717) is 11.1 Å². The zero-order valence-electron chi connectivity index (χ0n) is 13.6. The number of nitrogens with one attached hydrogen (secondary N) is 1. The quantitative estimate of drug-likeness (QED) is 0.859. The Hall–Kier alpha value is -2.41. The third-order valence-electron chi connectivity index (χ3n) is 2.97. The first kappa shape index (κ1) is 17.0. The van der Waals surface area contributed by atoms with Crippen LogP contribution in [-0.2, 0) is 9.57 Å². The number of nitrogens with zero attached hydrogens (tertiary/aromatic N) is 1. The van der Waals surface area contributed by atoms with Gasteiger partial charge in [0.25, 0.3) is 11.8 Å². The number of hydroxylamine groups is 2. The maximum absolute atomic E-state index is 12.1. The van der Waals surface area contributed by atoms with Gasteiger partial charge in [-0.25, -0.2) is 4.79 Å². The Morgan fingerprint density at radius 3 is 2.17 bits per heavy atom. The first-order valence-electron chi connectivity index (χ1n) is 7.29. The number of carbonyl (C=O) groups is 3. The van der Waals surface area contributed by atoms with Crippen LogP contribution in [0.1, 0.15) is 48.4 Å². The molecule has 0 aliphatic carbocycles. The molecule has 0 bridgehead atoms. The molecule has 0 spiro atoms. The van der Waals surface area contributed by atoms with Gasteiger partial charge in [0, 0.05) is 0 Å². The van der Waals surface area contributed by atoms with E-state index in [1.54, 1.807) is 52.0 Å². The molecule has 1 aromatic carbocycles. The van der Waals surface area contributed by atoms with Crippen molar-refractivity contribution < 1.29 is 24.0 Å². The van der Waals surface area contributed by atoms with Gasteiger partial charge in [0.1, 0.15) is 5.60 Å². The summed E-state index contributed by atoms with van der Waals surface area (Å²) in [5.74, 6) is -1.01. The largest absolute Gasteiger partial charge is 0.444 e. The van der Waals surface area contributed by atoms with Gasteiger partial charge in [-0.1, -0.05) is 12.1 Å². The molecular formula is C16H20N2O5. The third-order valence-corrected chi connectivity index (χ3v) is 2.97. The standard InChI is InChI=1S/C16H20N2O5/c1-10(17-15(21)23-16(2,3)4)9-22-18-13(19)11-7-5-6-8-12(11)14(18)20/h5-8,10H,9H2,1-4H3,(H,17,21). The monoisotopic (exact) mass is 320 g/mol. The van der Waals surface area contributed by atoms with Crippen LogP contribution in [0.5, 0.6) is 0 Å². The average molecular weight is 320 g/mol. The highest BCUT2D eigenvalue weighted by Crippen LogP contribution is 2.22. The number of hydrogen-bond donors (Lipinski definition) is 1. The molecule has 1 aliphatic rings. The molecule has 1 aliphatic heterocycles. The number of amides is 3. The van der Waals surface area contributed by atoms with Gasteiger partial charge in [0.2, 0.25) is 0 Å². The summed E-state index contributed by atoms with van der Waals surface area (Å²) < 4.78 is 5.12. The van der Waals surface area contributed by atoms with Crippen LogP contribution in [-0.4, -0.2) is 41.2 Å². The second-order valence-corrected chi connectivity index (χ2v) is 6.29. The van der Waals surface area contributed by atoms with Crippen LogP contribution < -0.4 is 5.32 Å². The minimum atomic E-state index is -0.604. The minimum absolute atomic E-state index is 0.0370. The normalized spacial score (nSPS) is 15.4. The van der Waals surface area contributed by atoms with Crippen LogP contribution >= 0.6 is 0 Å². The van der Waals surface area contributed by atoms with E-state index >= 15 is 0 Å². The Bertz CT molecular complexity index is 601. The summed E-state index contributed by atoms with van der Waals surface area (Å²) in [6.07, 6.45) is -0.587. The van der Waals surface area contributed by atoms with Gasteiger partial charge < -0.3 is 10.1 Å². The van der Waals surface area contributed by atoms with E-state index in [2.05, 4.69) is 5.32 Å². The fourth-order valence-corrected chi connectivity index (χ4v) is 2.02. The molecule has 0 radical (unpaired) electrons. The summed E-state index contributed by atoms with van der Waals surface area (Å²) in [5.41, 5.74) is 0.0169. The van der Waals surface area contributed by atoms with Crippen molar-refractivity contribution >= 4 is 17.9 Å². The first-order valence-corrected chi connectivity index (χ1v) is 7.29. The average Bonchev–Trinajstić information content (AvgIpc) is 2.67. The van der Waals surface area contributed by atoms with E-state index in [0.717, 1.165) is 5.06 Å². The van der Waals surface area contributed by atoms with Crippen molar-refractivity contribution in [2.24, 2.45) is 0 Å². The van der Waals surface area contributed by atoms with Gasteiger partial charge >= 0.3 is 6.09 Å². The Labute approximate surface area is 134 Å². The Kier molecular flexibility index (Phi) is 4.70. The molecular weight excluding hydrogens is 300 g/mol. The number of fused-ring (bicyclic) bond motifs is 1. The zero-order chi connectivity index (χ0) is 17.2.